The van der Waals surface area contributed by atoms with Gasteiger partial charge in [0.2, 0.25) is 0 Å². The number of hydrogen-bond donors (Lipinski definition) is 0. The van der Waals surface area contributed by atoms with Crippen LogP contribution in [0.3, 0.4) is 0 Å². The van der Waals surface area contributed by atoms with Gasteiger partial charge in [-0.25, -0.2) is 0 Å². The molecule has 1 nitrogen and oxygen atoms in total. The van der Waals surface area contributed by atoms with Gasteiger partial charge in [0.25, 0.3) is 0 Å². The Kier molecular flexibility index (Phi) is 3.23. The lowest BCUT2D eigenvalue weighted by Crippen LogP contribution is -2.20. The van der Waals surface area contributed by atoms with Gasteiger partial charge >= 0.3 is 0 Å². The molecule has 3 heteroatoms. The summed E-state index contributed by atoms with van der Waals surface area (Å²) in [5.74, 6) is -0.0342. The number of ketones is 1. The maximum atomic E-state index is 11.9. The van der Waals surface area contributed by atoms with Gasteiger partial charge in [-0.2, -0.15) is 0 Å². The van der Waals surface area contributed by atoms with Gasteiger partial charge in [-0.3, -0.25) is 4.79 Å². The minimum absolute atomic E-state index is 0.0342. The Hall–Kier alpha value is -0.530. The first kappa shape index (κ1) is 11.5. The van der Waals surface area contributed by atoms with Gasteiger partial charge in [-0.1, -0.05) is 50.0 Å². The maximum absolute atomic E-state index is 11.9. The maximum Gasteiger partial charge on any atom is 0.171 e. The monoisotopic (exact) mass is 230 g/mol. The molecule has 1 rings (SSSR count). The molecule has 0 aliphatic rings. The highest BCUT2D eigenvalue weighted by Crippen LogP contribution is 2.30. The molecule has 0 N–H and O–H groups in total. The Morgan fingerprint density at radius 3 is 1.93 bits per heavy atom. The van der Waals surface area contributed by atoms with E-state index in [1.807, 2.05) is 20.8 Å². The predicted octanol–water partition coefficient (Wildman–Crippen LogP) is 4.22. The van der Waals surface area contributed by atoms with Gasteiger partial charge in [0.15, 0.2) is 5.78 Å². The average molecular weight is 231 g/mol. The van der Waals surface area contributed by atoms with E-state index in [4.69, 9.17) is 23.2 Å². The summed E-state index contributed by atoms with van der Waals surface area (Å²) in [6.07, 6.45) is 0. The van der Waals surface area contributed by atoms with Crippen LogP contribution in [-0.2, 0) is 0 Å². The van der Waals surface area contributed by atoms with Crippen LogP contribution >= 0.6 is 23.2 Å². The van der Waals surface area contributed by atoms with Crippen molar-refractivity contribution in [2.75, 3.05) is 0 Å². The van der Waals surface area contributed by atoms with E-state index in [1.54, 1.807) is 18.2 Å². The normalized spacial score (nSPS) is 11.5. The molecule has 0 unspecified atom stereocenters. The van der Waals surface area contributed by atoms with Crippen LogP contribution < -0.4 is 0 Å². The van der Waals surface area contributed by atoms with Crippen LogP contribution in [0.2, 0.25) is 10.0 Å². The molecule has 0 heterocycles. The number of Topliss-reactive ketones (excluding diaryl/α,β-unsaturated/α-hetero) is 1. The van der Waals surface area contributed by atoms with E-state index in [2.05, 4.69) is 0 Å². The third-order valence-corrected chi connectivity index (χ3v) is 2.50. The second kappa shape index (κ2) is 3.92. The van der Waals surface area contributed by atoms with Crippen molar-refractivity contribution in [3.8, 4) is 0 Å². The van der Waals surface area contributed by atoms with Crippen molar-refractivity contribution < 1.29 is 4.79 Å². The first-order chi connectivity index (χ1) is 6.34. The van der Waals surface area contributed by atoms with Crippen molar-refractivity contribution in [2.24, 2.45) is 5.41 Å². The van der Waals surface area contributed by atoms with Crippen molar-refractivity contribution >= 4 is 29.0 Å². The van der Waals surface area contributed by atoms with Crippen LogP contribution in [0.25, 0.3) is 0 Å². The highest BCUT2D eigenvalue weighted by molar-refractivity contribution is 6.40. The van der Waals surface area contributed by atoms with Gasteiger partial charge in [-0.15, -0.1) is 0 Å². The molecule has 0 aliphatic heterocycles. The summed E-state index contributed by atoms with van der Waals surface area (Å²) >= 11 is 11.9. The van der Waals surface area contributed by atoms with E-state index in [9.17, 15) is 4.79 Å². The highest BCUT2D eigenvalue weighted by atomic mass is 35.5. The lowest BCUT2D eigenvalue weighted by molar-refractivity contribution is 0.0858. The van der Waals surface area contributed by atoms with Crippen molar-refractivity contribution in [3.63, 3.8) is 0 Å². The molecule has 1 aromatic carbocycles. The van der Waals surface area contributed by atoms with Crippen LogP contribution in [0.4, 0.5) is 0 Å². The van der Waals surface area contributed by atoms with Crippen molar-refractivity contribution in [1.82, 2.24) is 0 Å². The van der Waals surface area contributed by atoms with E-state index in [0.29, 0.717) is 15.6 Å². The second-order valence-corrected chi connectivity index (χ2v) is 4.99. The lowest BCUT2D eigenvalue weighted by Gasteiger charge is -2.18. The molecule has 0 radical (unpaired) electrons. The van der Waals surface area contributed by atoms with Crippen LogP contribution in [0.15, 0.2) is 18.2 Å². The summed E-state index contributed by atoms with van der Waals surface area (Å²) in [4.78, 5) is 11.9. The zero-order valence-corrected chi connectivity index (χ0v) is 9.91. The SMILES string of the molecule is CC(C)(C)C(=O)c1c(Cl)cccc1Cl. The molecule has 0 spiro atoms. The predicted molar refractivity (Wildman–Crippen MR) is 60.2 cm³/mol. The van der Waals surface area contributed by atoms with E-state index in [0.717, 1.165) is 0 Å². The smallest absolute Gasteiger partial charge is 0.171 e. The van der Waals surface area contributed by atoms with Crippen molar-refractivity contribution in [2.45, 2.75) is 20.8 Å². The number of carbonyl (C=O) groups is 1. The highest BCUT2D eigenvalue weighted by Gasteiger charge is 2.26. The molecule has 0 saturated heterocycles. The Morgan fingerprint density at radius 2 is 1.57 bits per heavy atom. The van der Waals surface area contributed by atoms with Gasteiger partial charge in [0, 0.05) is 5.41 Å². The standard InChI is InChI=1S/C11H12Cl2O/c1-11(2,3)10(14)9-7(12)5-4-6-8(9)13/h4-6H,1-3H3. The molecule has 0 fully saturated rings. The largest absolute Gasteiger partial charge is 0.293 e. The third-order valence-electron chi connectivity index (χ3n) is 1.87. The van der Waals surface area contributed by atoms with E-state index in [-0.39, 0.29) is 5.78 Å². The first-order valence-corrected chi connectivity index (χ1v) is 5.08. The van der Waals surface area contributed by atoms with E-state index in [1.165, 1.54) is 0 Å². The summed E-state index contributed by atoms with van der Waals surface area (Å²) in [6, 6.07) is 5.07. The summed E-state index contributed by atoms with van der Waals surface area (Å²) in [6.45, 7) is 5.53. The molecule has 0 amide bonds. The molecule has 0 atom stereocenters. The molecule has 76 valence electrons. The number of carbonyl (C=O) groups excluding carboxylic acids is 1. The van der Waals surface area contributed by atoms with E-state index >= 15 is 0 Å². The van der Waals surface area contributed by atoms with Crippen LogP contribution in [0.1, 0.15) is 31.1 Å². The Bertz CT molecular complexity index is 344. The molecule has 0 saturated carbocycles. The fraction of sp³-hybridized carbons (Fsp3) is 0.364. The second-order valence-electron chi connectivity index (χ2n) is 4.18. The van der Waals surface area contributed by atoms with Gasteiger partial charge in [0.1, 0.15) is 0 Å². The molecular formula is C11H12Cl2O. The minimum Gasteiger partial charge on any atom is -0.293 e. The fourth-order valence-electron chi connectivity index (χ4n) is 1.09. The average Bonchev–Trinajstić information content (AvgIpc) is 2.01. The van der Waals surface area contributed by atoms with Crippen molar-refractivity contribution in [3.05, 3.63) is 33.8 Å². The van der Waals surface area contributed by atoms with Crippen LogP contribution in [0, 0.1) is 5.41 Å². The number of rotatable bonds is 1. The third kappa shape index (κ3) is 2.28. The number of benzene rings is 1. The Labute approximate surface area is 94.0 Å². The Morgan fingerprint density at radius 1 is 1.14 bits per heavy atom. The van der Waals surface area contributed by atoms with Crippen molar-refractivity contribution in [1.29, 1.82) is 0 Å². The molecule has 14 heavy (non-hydrogen) atoms. The number of halogens is 2. The first-order valence-electron chi connectivity index (χ1n) is 4.33. The fourth-order valence-corrected chi connectivity index (χ4v) is 1.66. The zero-order valence-electron chi connectivity index (χ0n) is 8.40. The molecular weight excluding hydrogens is 219 g/mol. The lowest BCUT2D eigenvalue weighted by atomic mass is 9.86. The summed E-state index contributed by atoms with van der Waals surface area (Å²) in [5.41, 5.74) is -0.0439. The summed E-state index contributed by atoms with van der Waals surface area (Å²) < 4.78 is 0. The molecule has 0 aliphatic carbocycles. The van der Waals surface area contributed by atoms with Crippen LogP contribution in [-0.4, -0.2) is 5.78 Å². The summed E-state index contributed by atoms with van der Waals surface area (Å²) in [5, 5.41) is 0.829. The molecule has 0 aromatic heterocycles. The van der Waals surface area contributed by atoms with E-state index < -0.39 is 5.41 Å². The van der Waals surface area contributed by atoms with Gasteiger partial charge < -0.3 is 0 Å². The molecule has 1 aromatic rings. The van der Waals surface area contributed by atoms with Gasteiger partial charge in [0.05, 0.1) is 15.6 Å². The Balaban J connectivity index is 3.26. The van der Waals surface area contributed by atoms with Crippen LogP contribution in [0.5, 0.6) is 0 Å². The summed E-state index contributed by atoms with van der Waals surface area (Å²) in [7, 11) is 0. The minimum atomic E-state index is -0.464. The quantitative estimate of drug-likeness (QED) is 0.661. The topological polar surface area (TPSA) is 17.1 Å². The molecule has 0 bridgehead atoms. The zero-order chi connectivity index (χ0) is 10.9. The number of hydrogen-bond acceptors (Lipinski definition) is 1. The van der Waals surface area contributed by atoms with Gasteiger partial charge in [-0.05, 0) is 12.1 Å².